The molecule has 0 radical (unpaired) electrons. The molecule has 0 aliphatic carbocycles. The van der Waals surface area contributed by atoms with Crippen molar-refractivity contribution in [2.45, 2.75) is 38.6 Å². The van der Waals surface area contributed by atoms with Crippen LogP contribution in [-0.4, -0.2) is 17.6 Å². The molecule has 3 heteroatoms. The second kappa shape index (κ2) is 4.75. The van der Waals surface area contributed by atoms with Gasteiger partial charge in [-0.25, -0.2) is 4.98 Å². The largest absolute Gasteiger partial charge is 0.314 e. The Hall–Kier alpha value is -0.930. The number of benzene rings is 1. The van der Waals surface area contributed by atoms with E-state index in [1.807, 2.05) is 11.3 Å². The van der Waals surface area contributed by atoms with E-state index in [-0.39, 0.29) is 0 Å². The molecule has 1 unspecified atom stereocenters. The van der Waals surface area contributed by atoms with Crippen molar-refractivity contribution < 1.29 is 0 Å². The molecule has 2 aromatic rings. The molecule has 1 fully saturated rings. The van der Waals surface area contributed by atoms with Crippen LogP contribution < -0.4 is 5.32 Å². The van der Waals surface area contributed by atoms with Gasteiger partial charge in [0.15, 0.2) is 0 Å². The Morgan fingerprint density at radius 2 is 2.41 bits per heavy atom. The van der Waals surface area contributed by atoms with Gasteiger partial charge in [0.25, 0.3) is 0 Å². The summed E-state index contributed by atoms with van der Waals surface area (Å²) < 4.78 is 1.34. The zero-order valence-corrected chi connectivity index (χ0v) is 11.0. The molecule has 2 heterocycles. The van der Waals surface area contributed by atoms with Gasteiger partial charge in [-0.15, -0.1) is 11.3 Å². The fourth-order valence-corrected chi connectivity index (χ4v) is 3.58. The van der Waals surface area contributed by atoms with E-state index in [9.17, 15) is 0 Å². The summed E-state index contributed by atoms with van der Waals surface area (Å²) in [5.41, 5.74) is 2.58. The number of aryl methyl sites for hydroxylation is 1. The van der Waals surface area contributed by atoms with E-state index in [0.29, 0.717) is 6.04 Å². The van der Waals surface area contributed by atoms with E-state index >= 15 is 0 Å². The summed E-state index contributed by atoms with van der Waals surface area (Å²) in [6.45, 7) is 3.38. The van der Waals surface area contributed by atoms with Gasteiger partial charge >= 0.3 is 0 Å². The van der Waals surface area contributed by atoms with Crippen LogP contribution in [0.25, 0.3) is 10.2 Å². The molecule has 0 saturated carbocycles. The molecule has 1 aromatic heterocycles. The van der Waals surface area contributed by atoms with Crippen molar-refractivity contribution in [3.05, 3.63) is 28.8 Å². The number of hydrogen-bond donors (Lipinski definition) is 1. The van der Waals surface area contributed by atoms with Gasteiger partial charge in [0.2, 0.25) is 0 Å². The van der Waals surface area contributed by atoms with Crippen LogP contribution in [0.1, 0.15) is 30.3 Å². The Morgan fingerprint density at radius 3 is 3.18 bits per heavy atom. The van der Waals surface area contributed by atoms with E-state index in [2.05, 4.69) is 30.4 Å². The molecule has 0 amide bonds. The van der Waals surface area contributed by atoms with E-state index in [0.717, 1.165) is 12.8 Å². The summed E-state index contributed by atoms with van der Waals surface area (Å²) in [7, 11) is 0. The van der Waals surface area contributed by atoms with Gasteiger partial charge < -0.3 is 5.32 Å². The fraction of sp³-hybridized carbons (Fsp3) is 0.500. The molecule has 1 atom stereocenters. The van der Waals surface area contributed by atoms with Crippen LogP contribution in [0.4, 0.5) is 0 Å². The first-order valence-corrected chi connectivity index (χ1v) is 7.28. The predicted molar refractivity (Wildman–Crippen MR) is 73.7 cm³/mol. The van der Waals surface area contributed by atoms with E-state index in [4.69, 9.17) is 4.98 Å². The Labute approximate surface area is 106 Å². The molecule has 17 heavy (non-hydrogen) atoms. The number of aromatic nitrogens is 1. The van der Waals surface area contributed by atoms with Gasteiger partial charge in [-0.3, -0.25) is 0 Å². The quantitative estimate of drug-likeness (QED) is 0.900. The standard InChI is InChI=1S/C14H18N2S/c1-2-10-5-6-12-13(8-10)17-14(16-12)9-11-4-3-7-15-11/h5-6,8,11,15H,2-4,7,9H2,1H3. The number of nitrogens with zero attached hydrogens (tertiary/aromatic N) is 1. The number of rotatable bonds is 3. The van der Waals surface area contributed by atoms with Crippen molar-refractivity contribution >= 4 is 21.6 Å². The Balaban J connectivity index is 1.85. The molecule has 1 aliphatic rings. The maximum atomic E-state index is 4.73. The summed E-state index contributed by atoms with van der Waals surface area (Å²) in [6.07, 6.45) is 4.82. The average molecular weight is 246 g/mol. The van der Waals surface area contributed by atoms with Crippen LogP contribution in [0.3, 0.4) is 0 Å². The summed E-state index contributed by atoms with van der Waals surface area (Å²) in [5, 5.41) is 4.82. The SMILES string of the molecule is CCc1ccc2nc(CC3CCCN3)sc2c1. The highest BCUT2D eigenvalue weighted by atomic mass is 32.1. The van der Waals surface area contributed by atoms with Crippen molar-refractivity contribution in [3.63, 3.8) is 0 Å². The molecule has 1 saturated heterocycles. The molecular formula is C14H18N2S. The zero-order chi connectivity index (χ0) is 11.7. The highest BCUT2D eigenvalue weighted by Crippen LogP contribution is 2.25. The lowest BCUT2D eigenvalue weighted by molar-refractivity contribution is 0.602. The third kappa shape index (κ3) is 2.35. The number of nitrogens with one attached hydrogen (secondary N) is 1. The first-order valence-electron chi connectivity index (χ1n) is 6.47. The Kier molecular flexibility index (Phi) is 3.12. The van der Waals surface area contributed by atoms with Crippen molar-refractivity contribution in [1.82, 2.24) is 10.3 Å². The van der Waals surface area contributed by atoms with Gasteiger partial charge in [-0.1, -0.05) is 13.0 Å². The second-order valence-corrected chi connectivity index (χ2v) is 5.88. The van der Waals surface area contributed by atoms with Crippen molar-refractivity contribution in [1.29, 1.82) is 0 Å². The lowest BCUT2D eigenvalue weighted by Crippen LogP contribution is -2.23. The normalized spacial score (nSPS) is 20.2. The van der Waals surface area contributed by atoms with Crippen molar-refractivity contribution in [2.24, 2.45) is 0 Å². The van der Waals surface area contributed by atoms with Gasteiger partial charge in [0, 0.05) is 12.5 Å². The van der Waals surface area contributed by atoms with Crippen LogP contribution in [0, 0.1) is 0 Å². The fourth-order valence-electron chi connectivity index (χ4n) is 2.47. The maximum absolute atomic E-state index is 4.73. The second-order valence-electron chi connectivity index (χ2n) is 4.76. The van der Waals surface area contributed by atoms with Gasteiger partial charge in [0.1, 0.15) is 0 Å². The van der Waals surface area contributed by atoms with Crippen molar-refractivity contribution in [3.8, 4) is 0 Å². The zero-order valence-electron chi connectivity index (χ0n) is 10.2. The van der Waals surface area contributed by atoms with Crippen LogP contribution in [0.15, 0.2) is 18.2 Å². The summed E-state index contributed by atoms with van der Waals surface area (Å²) in [6, 6.07) is 7.30. The molecule has 0 spiro atoms. The topological polar surface area (TPSA) is 24.9 Å². The molecule has 90 valence electrons. The highest BCUT2D eigenvalue weighted by Gasteiger charge is 2.16. The molecule has 0 bridgehead atoms. The third-order valence-electron chi connectivity index (χ3n) is 3.49. The molecule has 1 N–H and O–H groups in total. The van der Waals surface area contributed by atoms with E-state index < -0.39 is 0 Å². The molecular weight excluding hydrogens is 228 g/mol. The summed E-state index contributed by atoms with van der Waals surface area (Å²) in [5.74, 6) is 0. The van der Waals surface area contributed by atoms with E-state index in [1.54, 1.807) is 0 Å². The molecule has 1 aromatic carbocycles. The van der Waals surface area contributed by atoms with Crippen LogP contribution in [-0.2, 0) is 12.8 Å². The predicted octanol–water partition coefficient (Wildman–Crippen LogP) is 3.15. The molecule has 1 aliphatic heterocycles. The lowest BCUT2D eigenvalue weighted by Gasteiger charge is -2.05. The Morgan fingerprint density at radius 1 is 1.47 bits per heavy atom. The van der Waals surface area contributed by atoms with Gasteiger partial charge in [-0.2, -0.15) is 0 Å². The number of thiazole rings is 1. The molecule has 3 rings (SSSR count). The maximum Gasteiger partial charge on any atom is 0.0954 e. The number of fused-ring (bicyclic) bond motifs is 1. The molecule has 2 nitrogen and oxygen atoms in total. The first kappa shape index (κ1) is 11.2. The van der Waals surface area contributed by atoms with Crippen molar-refractivity contribution in [2.75, 3.05) is 6.54 Å². The minimum absolute atomic E-state index is 0.654. The Bertz CT molecular complexity index is 512. The van der Waals surface area contributed by atoms with Crippen LogP contribution >= 0.6 is 11.3 Å². The van der Waals surface area contributed by atoms with Crippen LogP contribution in [0.5, 0.6) is 0 Å². The first-order chi connectivity index (χ1) is 8.35. The van der Waals surface area contributed by atoms with Gasteiger partial charge in [-0.05, 0) is 43.5 Å². The minimum atomic E-state index is 0.654. The third-order valence-corrected chi connectivity index (χ3v) is 4.53. The highest BCUT2D eigenvalue weighted by molar-refractivity contribution is 7.18. The van der Waals surface area contributed by atoms with Gasteiger partial charge in [0.05, 0.1) is 15.2 Å². The summed E-state index contributed by atoms with van der Waals surface area (Å²) in [4.78, 5) is 4.73. The average Bonchev–Trinajstić information content (AvgIpc) is 2.96. The van der Waals surface area contributed by atoms with Crippen LogP contribution in [0.2, 0.25) is 0 Å². The number of hydrogen-bond acceptors (Lipinski definition) is 3. The van der Waals surface area contributed by atoms with E-state index in [1.165, 1.54) is 40.2 Å². The summed E-state index contributed by atoms with van der Waals surface area (Å²) >= 11 is 1.86. The smallest absolute Gasteiger partial charge is 0.0954 e. The monoisotopic (exact) mass is 246 g/mol. The lowest BCUT2D eigenvalue weighted by atomic mass is 10.1. The minimum Gasteiger partial charge on any atom is -0.314 e.